The maximum Gasteiger partial charge on any atom is 0.390 e. The van der Waals surface area contributed by atoms with Crippen LogP contribution in [-0.2, 0) is 9.47 Å². The molecule has 0 aromatic carbocycles. The van der Waals surface area contributed by atoms with Gasteiger partial charge in [-0.1, -0.05) is 0 Å². The van der Waals surface area contributed by atoms with Gasteiger partial charge in [0.25, 0.3) is 0 Å². The lowest BCUT2D eigenvalue weighted by Gasteiger charge is -2.23. The molecule has 6 heteroatoms. The van der Waals surface area contributed by atoms with Crippen molar-refractivity contribution in [2.75, 3.05) is 19.8 Å². The Balaban J connectivity index is 2.15. The summed E-state index contributed by atoms with van der Waals surface area (Å²) in [4.78, 5) is 0. The predicted octanol–water partition coefficient (Wildman–Crippen LogP) is 2.07. The van der Waals surface area contributed by atoms with Gasteiger partial charge in [-0.15, -0.1) is 0 Å². The van der Waals surface area contributed by atoms with E-state index < -0.39 is 24.4 Å². The van der Waals surface area contributed by atoms with Gasteiger partial charge in [0, 0.05) is 19.0 Å². The third-order valence-electron chi connectivity index (χ3n) is 2.51. The fourth-order valence-corrected chi connectivity index (χ4v) is 1.67. The molecule has 1 aliphatic heterocycles. The van der Waals surface area contributed by atoms with Crippen LogP contribution >= 0.6 is 0 Å². The summed E-state index contributed by atoms with van der Waals surface area (Å²) >= 11 is 0. The summed E-state index contributed by atoms with van der Waals surface area (Å²) in [5.41, 5.74) is 0. The first-order valence-corrected chi connectivity index (χ1v) is 5.39. The van der Waals surface area contributed by atoms with E-state index in [0.717, 1.165) is 0 Å². The van der Waals surface area contributed by atoms with E-state index in [1.165, 1.54) is 6.92 Å². The van der Waals surface area contributed by atoms with Crippen LogP contribution in [0.25, 0.3) is 0 Å². The number of halogens is 3. The van der Waals surface area contributed by atoms with Gasteiger partial charge in [0.05, 0.1) is 19.6 Å². The van der Waals surface area contributed by atoms with E-state index in [1.807, 2.05) is 0 Å². The minimum absolute atomic E-state index is 0.452. The van der Waals surface area contributed by atoms with Crippen LogP contribution in [0.3, 0.4) is 0 Å². The van der Waals surface area contributed by atoms with Crippen LogP contribution in [0.4, 0.5) is 13.2 Å². The van der Waals surface area contributed by atoms with Gasteiger partial charge in [-0.25, -0.2) is 0 Å². The monoisotopic (exact) mass is 241 g/mol. The Morgan fingerprint density at radius 3 is 2.38 bits per heavy atom. The third-order valence-corrected chi connectivity index (χ3v) is 2.51. The van der Waals surface area contributed by atoms with Gasteiger partial charge in [-0.3, -0.25) is 0 Å². The van der Waals surface area contributed by atoms with Gasteiger partial charge in [0.2, 0.25) is 0 Å². The summed E-state index contributed by atoms with van der Waals surface area (Å²) in [5.74, 6) is -0.634. The predicted molar refractivity (Wildman–Crippen MR) is 53.1 cm³/mol. The number of ether oxygens (including phenoxy) is 2. The summed E-state index contributed by atoms with van der Waals surface area (Å²) in [6.07, 6.45) is -4.38. The first-order chi connectivity index (χ1) is 7.31. The van der Waals surface area contributed by atoms with Crippen molar-refractivity contribution in [3.05, 3.63) is 0 Å². The number of hydrogen-bond donors (Lipinski definition) is 1. The topological polar surface area (TPSA) is 30.5 Å². The van der Waals surface area contributed by atoms with Crippen molar-refractivity contribution >= 4 is 0 Å². The van der Waals surface area contributed by atoms with Gasteiger partial charge in [-0.05, 0) is 13.8 Å². The zero-order valence-corrected chi connectivity index (χ0v) is 9.56. The second-order valence-corrected chi connectivity index (χ2v) is 4.26. The molecule has 1 rings (SSSR count). The molecule has 0 aromatic rings. The molecule has 0 spiro atoms. The molecule has 0 saturated carbocycles. The molecule has 1 saturated heterocycles. The zero-order valence-electron chi connectivity index (χ0n) is 9.56. The zero-order chi connectivity index (χ0) is 12.2. The molecule has 96 valence electrons. The number of nitrogens with one attached hydrogen (secondary N) is 1. The molecule has 1 N–H and O–H groups in total. The van der Waals surface area contributed by atoms with Crippen molar-refractivity contribution in [3.8, 4) is 0 Å². The van der Waals surface area contributed by atoms with E-state index in [2.05, 4.69) is 5.32 Å². The summed E-state index contributed by atoms with van der Waals surface area (Å²) in [7, 11) is 0. The summed E-state index contributed by atoms with van der Waals surface area (Å²) < 4.78 is 46.7. The normalized spacial score (nSPS) is 22.3. The van der Waals surface area contributed by atoms with Crippen LogP contribution < -0.4 is 5.32 Å². The maximum absolute atomic E-state index is 12.0. The Morgan fingerprint density at radius 2 is 1.88 bits per heavy atom. The van der Waals surface area contributed by atoms with Crippen LogP contribution in [0.2, 0.25) is 0 Å². The van der Waals surface area contributed by atoms with Crippen LogP contribution in [0, 0.1) is 0 Å². The first-order valence-electron chi connectivity index (χ1n) is 5.39. The molecule has 1 aliphatic rings. The highest BCUT2D eigenvalue weighted by molar-refractivity contribution is 4.72. The molecule has 1 fully saturated rings. The van der Waals surface area contributed by atoms with Crippen molar-refractivity contribution in [3.63, 3.8) is 0 Å². The summed E-state index contributed by atoms with van der Waals surface area (Å²) in [6.45, 7) is 4.87. The molecule has 1 unspecified atom stereocenters. The van der Waals surface area contributed by atoms with Crippen molar-refractivity contribution in [2.45, 2.75) is 44.7 Å². The van der Waals surface area contributed by atoms with Crippen LogP contribution in [0.5, 0.6) is 0 Å². The maximum atomic E-state index is 12.0. The van der Waals surface area contributed by atoms with E-state index in [4.69, 9.17) is 9.47 Å². The fraction of sp³-hybridized carbons (Fsp3) is 1.00. The van der Waals surface area contributed by atoms with Gasteiger partial charge in [0.15, 0.2) is 5.79 Å². The lowest BCUT2D eigenvalue weighted by molar-refractivity contribution is -0.148. The molecular formula is C10H18F3NO2. The van der Waals surface area contributed by atoms with Gasteiger partial charge in [0.1, 0.15) is 0 Å². The Hall–Kier alpha value is -0.330. The van der Waals surface area contributed by atoms with Gasteiger partial charge in [-0.2, -0.15) is 13.2 Å². The van der Waals surface area contributed by atoms with E-state index >= 15 is 0 Å². The molecule has 1 heterocycles. The summed E-state index contributed by atoms with van der Waals surface area (Å²) in [6, 6.07) is -0.579. The molecule has 1 atom stereocenters. The van der Waals surface area contributed by atoms with E-state index in [9.17, 15) is 13.2 Å². The minimum Gasteiger partial charge on any atom is -0.348 e. The smallest absolute Gasteiger partial charge is 0.348 e. The number of rotatable bonds is 5. The van der Waals surface area contributed by atoms with Crippen LogP contribution in [0.15, 0.2) is 0 Å². The molecule has 0 aliphatic carbocycles. The van der Waals surface area contributed by atoms with E-state index in [-0.39, 0.29) is 0 Å². The quantitative estimate of drug-likeness (QED) is 0.799. The highest BCUT2D eigenvalue weighted by Gasteiger charge is 2.32. The Labute approximate surface area is 93.3 Å². The van der Waals surface area contributed by atoms with Gasteiger partial charge >= 0.3 is 6.18 Å². The average molecular weight is 241 g/mol. The molecular weight excluding hydrogens is 223 g/mol. The standard InChI is InChI=1S/C10H18F3NO2/c1-8(7-10(11,12)13)14-4-3-9(2)15-5-6-16-9/h8,14H,3-7H2,1-2H3. The van der Waals surface area contributed by atoms with Crippen LogP contribution in [-0.4, -0.2) is 37.8 Å². The largest absolute Gasteiger partial charge is 0.390 e. The SMILES string of the molecule is CC(CC(F)(F)F)NCCC1(C)OCCO1. The van der Waals surface area contributed by atoms with Crippen molar-refractivity contribution in [1.82, 2.24) is 5.32 Å². The second kappa shape index (κ2) is 5.33. The Kier molecular flexibility index (Phi) is 4.58. The summed E-state index contributed by atoms with van der Waals surface area (Å²) in [5, 5.41) is 2.81. The third kappa shape index (κ3) is 5.14. The molecule has 0 amide bonds. The lowest BCUT2D eigenvalue weighted by atomic mass is 10.2. The second-order valence-electron chi connectivity index (χ2n) is 4.26. The highest BCUT2D eigenvalue weighted by atomic mass is 19.4. The Bertz CT molecular complexity index is 215. The van der Waals surface area contributed by atoms with Crippen molar-refractivity contribution in [2.24, 2.45) is 0 Å². The van der Waals surface area contributed by atoms with E-state index in [1.54, 1.807) is 6.92 Å². The first kappa shape index (κ1) is 13.7. The Morgan fingerprint density at radius 1 is 1.31 bits per heavy atom. The lowest BCUT2D eigenvalue weighted by Crippen LogP contribution is -2.36. The number of hydrogen-bond acceptors (Lipinski definition) is 3. The molecule has 16 heavy (non-hydrogen) atoms. The molecule has 0 radical (unpaired) electrons. The van der Waals surface area contributed by atoms with E-state index in [0.29, 0.717) is 26.2 Å². The van der Waals surface area contributed by atoms with Gasteiger partial charge < -0.3 is 14.8 Å². The number of alkyl halides is 3. The van der Waals surface area contributed by atoms with Crippen molar-refractivity contribution < 1.29 is 22.6 Å². The molecule has 0 bridgehead atoms. The minimum atomic E-state index is -4.11. The van der Waals surface area contributed by atoms with Crippen molar-refractivity contribution in [1.29, 1.82) is 0 Å². The molecule has 0 aromatic heterocycles. The molecule has 3 nitrogen and oxygen atoms in total. The van der Waals surface area contributed by atoms with Crippen LogP contribution in [0.1, 0.15) is 26.7 Å². The average Bonchev–Trinajstić information content (AvgIpc) is 2.49. The fourth-order valence-electron chi connectivity index (χ4n) is 1.67. The highest BCUT2D eigenvalue weighted by Crippen LogP contribution is 2.23.